The van der Waals surface area contributed by atoms with Crippen molar-refractivity contribution in [1.29, 1.82) is 0 Å². The summed E-state index contributed by atoms with van der Waals surface area (Å²) in [6.07, 6.45) is -2.18. The van der Waals surface area contributed by atoms with E-state index in [4.69, 9.17) is 110 Å². The van der Waals surface area contributed by atoms with Crippen LogP contribution in [0.2, 0.25) is 0 Å². The number of nitrogens with one attached hydrogen (secondary N) is 2. The van der Waals surface area contributed by atoms with Crippen molar-refractivity contribution in [2.75, 3.05) is 273 Å². The van der Waals surface area contributed by atoms with Crippen molar-refractivity contribution in [3.63, 3.8) is 0 Å². The number of carbonyl (C=O) groups excluding carboxylic acids is 3. The fourth-order valence-electron chi connectivity index (χ4n) is 5.77. The largest absolute Gasteiger partial charge is 0.441 e. The van der Waals surface area contributed by atoms with Gasteiger partial charge >= 0.3 is 12.2 Å². The Morgan fingerprint density at radius 3 is 0.795 bits per heavy atom. The van der Waals surface area contributed by atoms with E-state index in [1.54, 1.807) is 28.4 Å². The maximum absolute atomic E-state index is 13.0. The molecular formula is C50H99N3O25. The van der Waals surface area contributed by atoms with Crippen molar-refractivity contribution in [2.45, 2.75) is 37.5 Å². The van der Waals surface area contributed by atoms with Crippen LogP contribution in [0.4, 0.5) is 9.59 Å². The highest BCUT2D eigenvalue weighted by Gasteiger charge is 2.22. The highest BCUT2D eigenvalue weighted by molar-refractivity contribution is 5.84. The van der Waals surface area contributed by atoms with Gasteiger partial charge in [0, 0.05) is 35.0 Å². The second-order valence-corrected chi connectivity index (χ2v) is 16.2. The van der Waals surface area contributed by atoms with E-state index in [0.717, 1.165) is 0 Å². The molecule has 0 aliphatic rings. The van der Waals surface area contributed by atoms with E-state index in [9.17, 15) is 14.4 Å². The van der Waals surface area contributed by atoms with Crippen LogP contribution in [0.1, 0.15) is 19.3 Å². The number of hydrogen-bond donors (Lipinski definition) is 3. The standard InChI is InChI=1S/C50H99N3O25/c1-57-9-13-61-17-21-65-25-29-69-33-37-73-41-45(42-74-38-34-70-30-26-66-22-18-62-14-10-58-2)77-49(55)52-8-6-5-7-47(48(51)54)53-50(56)78-46(43-75-39-35-71-31-27-67-23-19-63-15-11-59-3)44-76-40-36-72-32-28-68-24-20-64-16-12-60-4/h45-47H,5-44H2,1-4H3,(H2,51,54)(H,52,55)(H,53,56). The summed E-state index contributed by atoms with van der Waals surface area (Å²) >= 11 is 0. The fraction of sp³-hybridized carbons (Fsp3) is 0.940. The Hall–Kier alpha value is -2.79. The average molecular weight is 1140 g/mol. The quantitative estimate of drug-likeness (QED) is 0.0678. The Kier molecular flexibility index (Phi) is 61.1. The number of primary amides is 1. The molecular weight excluding hydrogens is 1040 g/mol. The maximum atomic E-state index is 13.0. The minimum Gasteiger partial charge on any atom is -0.441 e. The summed E-state index contributed by atoms with van der Waals surface area (Å²) in [5.74, 6) is -0.762. The van der Waals surface area contributed by atoms with Gasteiger partial charge in [-0.05, 0) is 19.3 Å². The van der Waals surface area contributed by atoms with Gasteiger partial charge in [-0.1, -0.05) is 0 Å². The van der Waals surface area contributed by atoms with Gasteiger partial charge in [-0.2, -0.15) is 0 Å². The zero-order chi connectivity index (χ0) is 56.7. The van der Waals surface area contributed by atoms with Crippen LogP contribution in [0.5, 0.6) is 0 Å². The van der Waals surface area contributed by atoms with Crippen LogP contribution in [-0.2, 0) is 109 Å². The van der Waals surface area contributed by atoms with E-state index >= 15 is 0 Å². The maximum Gasteiger partial charge on any atom is 0.408 e. The van der Waals surface area contributed by atoms with Crippen molar-refractivity contribution >= 4 is 18.1 Å². The van der Waals surface area contributed by atoms with Crippen LogP contribution in [0.15, 0.2) is 0 Å². The summed E-state index contributed by atoms with van der Waals surface area (Å²) in [4.78, 5) is 38.3. The van der Waals surface area contributed by atoms with Gasteiger partial charge in [-0.25, -0.2) is 9.59 Å². The molecule has 0 saturated carbocycles. The summed E-state index contributed by atoms with van der Waals surface area (Å²) in [5.41, 5.74) is 5.65. The molecule has 0 heterocycles. The van der Waals surface area contributed by atoms with Crippen molar-refractivity contribution in [1.82, 2.24) is 10.6 Å². The number of methoxy groups -OCH3 is 4. The molecule has 0 aromatic rings. The Bertz CT molecular complexity index is 1200. The normalized spacial score (nSPS) is 12.0. The number of carbonyl (C=O) groups is 3. The summed E-state index contributed by atoms with van der Waals surface area (Å²) in [7, 11) is 6.44. The molecule has 0 aliphatic heterocycles. The molecule has 3 amide bonds. The monoisotopic (exact) mass is 1140 g/mol. The zero-order valence-electron chi connectivity index (χ0n) is 47.3. The third-order valence-electron chi connectivity index (χ3n) is 9.78. The Morgan fingerprint density at radius 1 is 0.321 bits per heavy atom. The summed E-state index contributed by atoms with van der Waals surface area (Å²) in [5, 5.41) is 5.23. The fourth-order valence-corrected chi connectivity index (χ4v) is 5.77. The Morgan fingerprint density at radius 2 is 0.551 bits per heavy atom. The Labute approximate surface area is 462 Å². The minimum atomic E-state index is -1.06. The third kappa shape index (κ3) is 57.9. The van der Waals surface area contributed by atoms with Gasteiger partial charge in [0.25, 0.3) is 0 Å². The summed E-state index contributed by atoms with van der Waals surface area (Å²) in [6, 6.07) is -1.06. The number of nitrogens with two attached hydrogens (primary N) is 1. The topological polar surface area (TPSA) is 304 Å². The molecule has 4 N–H and O–H groups in total. The van der Waals surface area contributed by atoms with Crippen molar-refractivity contribution in [3.05, 3.63) is 0 Å². The van der Waals surface area contributed by atoms with Gasteiger partial charge in [0.15, 0.2) is 12.2 Å². The van der Waals surface area contributed by atoms with Gasteiger partial charge in [-0.15, -0.1) is 0 Å². The predicted molar refractivity (Wildman–Crippen MR) is 279 cm³/mol. The molecule has 0 bridgehead atoms. The highest BCUT2D eigenvalue weighted by Crippen LogP contribution is 2.05. The van der Waals surface area contributed by atoms with Gasteiger partial charge in [0.1, 0.15) is 6.04 Å². The molecule has 464 valence electrons. The lowest BCUT2D eigenvalue weighted by molar-refractivity contribution is -0.120. The van der Waals surface area contributed by atoms with E-state index < -0.39 is 36.3 Å². The molecule has 1 atom stereocenters. The van der Waals surface area contributed by atoms with Crippen LogP contribution in [-0.4, -0.2) is 309 Å². The minimum absolute atomic E-state index is 0.0228. The van der Waals surface area contributed by atoms with E-state index in [-0.39, 0.29) is 79.0 Å². The van der Waals surface area contributed by atoms with E-state index in [0.29, 0.717) is 185 Å². The van der Waals surface area contributed by atoms with Gasteiger partial charge in [-0.3, -0.25) is 4.79 Å². The van der Waals surface area contributed by atoms with Crippen molar-refractivity contribution in [2.24, 2.45) is 5.73 Å². The molecule has 0 fully saturated rings. The van der Waals surface area contributed by atoms with Gasteiger partial charge < -0.3 is 121 Å². The van der Waals surface area contributed by atoms with Crippen LogP contribution in [0, 0.1) is 0 Å². The molecule has 0 aromatic carbocycles. The zero-order valence-corrected chi connectivity index (χ0v) is 47.3. The Balaban J connectivity index is 4.88. The van der Waals surface area contributed by atoms with Crippen LogP contribution in [0.25, 0.3) is 0 Å². The number of hydrogen-bond acceptors (Lipinski definition) is 25. The smallest absolute Gasteiger partial charge is 0.408 e. The average Bonchev–Trinajstić information content (AvgIpc) is 3.43. The molecule has 28 heteroatoms. The number of unbranched alkanes of at least 4 members (excludes halogenated alkanes) is 1. The SMILES string of the molecule is COCCOCCOCCOCCOCC(COCCOCCOCCOCCOC)OC(=O)NCCCCC(NC(=O)OC(COCCOCCOCCOCCOC)COCCOCCOCCOCCOC)C(N)=O. The first-order chi connectivity index (χ1) is 38.4. The van der Waals surface area contributed by atoms with Crippen LogP contribution < -0.4 is 16.4 Å². The van der Waals surface area contributed by atoms with Crippen LogP contribution >= 0.6 is 0 Å². The van der Waals surface area contributed by atoms with E-state index in [1.807, 2.05) is 0 Å². The molecule has 1 unspecified atom stereocenters. The molecule has 0 aliphatic carbocycles. The molecule has 28 nitrogen and oxygen atoms in total. The number of ether oxygens (including phenoxy) is 22. The van der Waals surface area contributed by atoms with Crippen molar-refractivity contribution < 1.29 is 119 Å². The first-order valence-electron chi connectivity index (χ1n) is 26.8. The summed E-state index contributed by atoms with van der Waals surface area (Å²) < 4.78 is 119. The molecule has 0 aromatic heterocycles. The van der Waals surface area contributed by atoms with E-state index in [1.165, 1.54) is 0 Å². The predicted octanol–water partition coefficient (Wildman–Crippen LogP) is 0.0514. The first kappa shape index (κ1) is 75.2. The molecule has 0 rings (SSSR count). The van der Waals surface area contributed by atoms with Gasteiger partial charge in [0.05, 0.1) is 238 Å². The molecule has 0 radical (unpaired) electrons. The summed E-state index contributed by atoms with van der Waals surface area (Å²) in [6.45, 7) is 13.0. The second kappa shape index (κ2) is 63.4. The lowest BCUT2D eigenvalue weighted by atomic mass is 10.1. The number of rotatable bonds is 65. The van der Waals surface area contributed by atoms with Crippen LogP contribution in [0.3, 0.4) is 0 Å². The molecule has 78 heavy (non-hydrogen) atoms. The lowest BCUT2D eigenvalue weighted by Crippen LogP contribution is -2.46. The highest BCUT2D eigenvalue weighted by atomic mass is 16.6. The number of amides is 3. The molecule has 0 saturated heterocycles. The van der Waals surface area contributed by atoms with E-state index in [2.05, 4.69) is 10.6 Å². The van der Waals surface area contributed by atoms with Gasteiger partial charge in [0.2, 0.25) is 5.91 Å². The first-order valence-corrected chi connectivity index (χ1v) is 26.8. The second-order valence-electron chi connectivity index (χ2n) is 16.2. The number of alkyl carbamates (subject to hydrolysis) is 2. The third-order valence-corrected chi connectivity index (χ3v) is 9.78. The lowest BCUT2D eigenvalue weighted by Gasteiger charge is -2.21. The molecule has 0 spiro atoms. The van der Waals surface area contributed by atoms with Crippen molar-refractivity contribution in [3.8, 4) is 0 Å².